The van der Waals surface area contributed by atoms with Gasteiger partial charge in [0.25, 0.3) is 0 Å². The van der Waals surface area contributed by atoms with Gasteiger partial charge < -0.3 is 4.74 Å². The number of hydrogen-bond acceptors (Lipinski definition) is 3. The molecule has 0 aromatic heterocycles. The molecule has 2 aliphatic rings. The summed E-state index contributed by atoms with van der Waals surface area (Å²) in [6.07, 6.45) is 5.00. The molecule has 1 saturated carbocycles. The van der Waals surface area contributed by atoms with Crippen LogP contribution in [-0.4, -0.2) is 34.5 Å². The van der Waals surface area contributed by atoms with Crippen LogP contribution in [0.25, 0.3) is 0 Å². The largest absolute Gasteiger partial charge is 0.444 e. The van der Waals surface area contributed by atoms with Gasteiger partial charge >= 0.3 is 6.09 Å². The van der Waals surface area contributed by atoms with E-state index < -0.39 is 5.60 Å². The number of Topliss-reactive ketones (excluding diaryl/α,β-unsaturated/α-hetero) is 1. The second-order valence-corrected chi connectivity index (χ2v) is 6.86. The van der Waals surface area contributed by atoms with Gasteiger partial charge in [-0.05, 0) is 52.9 Å². The Morgan fingerprint density at radius 1 is 1.16 bits per heavy atom. The Balaban J connectivity index is 2.17. The molecule has 1 aliphatic heterocycles. The molecule has 2 rings (SSSR count). The Bertz CT molecular complexity index is 372. The number of ketones is 1. The fourth-order valence-electron chi connectivity index (χ4n) is 3.40. The smallest absolute Gasteiger partial charge is 0.411 e. The van der Waals surface area contributed by atoms with Gasteiger partial charge in [-0.2, -0.15) is 0 Å². The van der Waals surface area contributed by atoms with Gasteiger partial charge in [-0.3, -0.25) is 9.69 Å². The maximum Gasteiger partial charge on any atom is 0.411 e. The highest BCUT2D eigenvalue weighted by Gasteiger charge is 2.47. The molecule has 1 heterocycles. The van der Waals surface area contributed by atoms with Crippen LogP contribution in [0.15, 0.2) is 0 Å². The Morgan fingerprint density at radius 3 is 2.37 bits per heavy atom. The van der Waals surface area contributed by atoms with Crippen molar-refractivity contribution < 1.29 is 14.3 Å². The van der Waals surface area contributed by atoms with Crippen LogP contribution in [0, 0.1) is 5.92 Å². The van der Waals surface area contributed by atoms with E-state index in [4.69, 9.17) is 4.74 Å². The summed E-state index contributed by atoms with van der Waals surface area (Å²) in [4.78, 5) is 25.9. The van der Waals surface area contributed by atoms with E-state index in [9.17, 15) is 9.59 Å². The van der Waals surface area contributed by atoms with Crippen LogP contribution in [-0.2, 0) is 9.53 Å². The number of hydrogen-bond donors (Lipinski definition) is 0. The predicted octanol–water partition coefficient (Wildman–Crippen LogP) is 3.14. The zero-order valence-electron chi connectivity index (χ0n) is 12.4. The summed E-state index contributed by atoms with van der Waals surface area (Å²) in [6.45, 7) is 7.17. The molecule has 0 N–H and O–H groups in total. The quantitative estimate of drug-likeness (QED) is 0.733. The lowest BCUT2D eigenvalue weighted by atomic mass is 9.84. The van der Waals surface area contributed by atoms with Crippen LogP contribution in [0.4, 0.5) is 4.79 Å². The standard InChI is InChI=1S/C15H25NO3/c1-10(17)13-9-11-7-5-6-8-12(11)16(13)14(18)19-15(2,3)4/h11-13H,5-9H2,1-4H3/t11-,12-,13-/m0/s1. The van der Waals surface area contributed by atoms with E-state index >= 15 is 0 Å². The van der Waals surface area contributed by atoms with E-state index in [-0.39, 0.29) is 24.0 Å². The van der Waals surface area contributed by atoms with Crippen molar-refractivity contribution in [2.45, 2.75) is 77.5 Å². The lowest BCUT2D eigenvalue weighted by Gasteiger charge is -2.34. The summed E-state index contributed by atoms with van der Waals surface area (Å²) in [5.74, 6) is 0.565. The maximum atomic E-state index is 12.4. The summed E-state index contributed by atoms with van der Waals surface area (Å²) in [7, 11) is 0. The molecule has 1 aliphatic carbocycles. The second-order valence-electron chi connectivity index (χ2n) is 6.86. The molecule has 4 heteroatoms. The maximum absolute atomic E-state index is 12.4. The molecule has 1 amide bonds. The molecular weight excluding hydrogens is 242 g/mol. The first-order valence-corrected chi connectivity index (χ1v) is 7.31. The molecule has 2 fully saturated rings. The van der Waals surface area contributed by atoms with Crippen molar-refractivity contribution in [1.29, 1.82) is 0 Å². The van der Waals surface area contributed by atoms with Crippen LogP contribution >= 0.6 is 0 Å². The lowest BCUT2D eigenvalue weighted by molar-refractivity contribution is -0.121. The van der Waals surface area contributed by atoms with Crippen LogP contribution in [0.5, 0.6) is 0 Å². The highest BCUT2D eigenvalue weighted by Crippen LogP contribution is 2.40. The van der Waals surface area contributed by atoms with Gasteiger partial charge in [0.1, 0.15) is 5.60 Å². The summed E-state index contributed by atoms with van der Waals surface area (Å²) in [5.41, 5.74) is -0.509. The third kappa shape index (κ3) is 3.10. The molecule has 0 spiro atoms. The van der Waals surface area contributed by atoms with Crippen LogP contribution < -0.4 is 0 Å². The minimum Gasteiger partial charge on any atom is -0.444 e. The molecular formula is C15H25NO3. The number of amides is 1. The second kappa shape index (κ2) is 5.14. The number of carbonyl (C=O) groups is 2. The van der Waals surface area contributed by atoms with Crippen LogP contribution in [0.3, 0.4) is 0 Å². The van der Waals surface area contributed by atoms with Crippen molar-refractivity contribution >= 4 is 11.9 Å². The van der Waals surface area contributed by atoms with E-state index in [2.05, 4.69) is 0 Å². The fraction of sp³-hybridized carbons (Fsp3) is 0.867. The first kappa shape index (κ1) is 14.4. The van der Waals surface area contributed by atoms with E-state index in [0.717, 1.165) is 25.7 Å². The summed E-state index contributed by atoms with van der Waals surface area (Å²) >= 11 is 0. The molecule has 0 bridgehead atoms. The van der Waals surface area contributed by atoms with Gasteiger partial charge in [0.05, 0.1) is 6.04 Å². The molecule has 1 saturated heterocycles. The van der Waals surface area contributed by atoms with Crippen LogP contribution in [0.1, 0.15) is 59.8 Å². The fourth-order valence-corrected chi connectivity index (χ4v) is 3.40. The summed E-state index contributed by atoms with van der Waals surface area (Å²) in [5, 5.41) is 0. The molecule has 108 valence electrons. The molecule has 19 heavy (non-hydrogen) atoms. The number of rotatable bonds is 1. The zero-order valence-corrected chi connectivity index (χ0v) is 12.4. The van der Waals surface area contributed by atoms with Crippen LogP contribution in [0.2, 0.25) is 0 Å². The van der Waals surface area contributed by atoms with Gasteiger partial charge in [-0.15, -0.1) is 0 Å². The molecule has 0 aromatic carbocycles. The van der Waals surface area contributed by atoms with Crippen molar-refractivity contribution in [3.63, 3.8) is 0 Å². The van der Waals surface area contributed by atoms with E-state index in [0.29, 0.717) is 5.92 Å². The molecule has 3 atom stereocenters. The van der Waals surface area contributed by atoms with Gasteiger partial charge in [-0.25, -0.2) is 4.79 Å². The normalized spacial score (nSPS) is 30.9. The molecule has 0 aromatic rings. The SMILES string of the molecule is CC(=O)[C@@H]1C[C@@H]2CCCC[C@@H]2N1C(=O)OC(C)(C)C. The van der Waals surface area contributed by atoms with Gasteiger partial charge in [-0.1, -0.05) is 12.8 Å². The highest BCUT2D eigenvalue weighted by molar-refractivity contribution is 5.86. The zero-order chi connectivity index (χ0) is 14.2. The minimum absolute atomic E-state index is 0.0836. The van der Waals surface area contributed by atoms with Gasteiger partial charge in [0, 0.05) is 6.04 Å². The van der Waals surface area contributed by atoms with Crippen molar-refractivity contribution in [3.8, 4) is 0 Å². The average Bonchev–Trinajstić information content (AvgIpc) is 2.65. The number of likely N-dealkylation sites (tertiary alicyclic amines) is 1. The van der Waals surface area contributed by atoms with Gasteiger partial charge in [0.2, 0.25) is 0 Å². The number of ether oxygens (including phenoxy) is 1. The first-order valence-electron chi connectivity index (χ1n) is 7.31. The van der Waals surface area contributed by atoms with Gasteiger partial charge in [0.15, 0.2) is 5.78 Å². The van der Waals surface area contributed by atoms with E-state index in [1.807, 2.05) is 20.8 Å². The number of nitrogens with zero attached hydrogens (tertiary/aromatic N) is 1. The average molecular weight is 267 g/mol. The monoisotopic (exact) mass is 267 g/mol. The molecule has 0 unspecified atom stereocenters. The topological polar surface area (TPSA) is 46.6 Å². The Labute approximate surface area is 115 Å². The van der Waals surface area contributed by atoms with Crippen molar-refractivity contribution in [2.24, 2.45) is 5.92 Å². The Morgan fingerprint density at radius 2 is 1.79 bits per heavy atom. The minimum atomic E-state index is -0.509. The third-order valence-electron chi connectivity index (χ3n) is 4.16. The Hall–Kier alpha value is -1.06. The van der Waals surface area contributed by atoms with Crippen molar-refractivity contribution in [1.82, 2.24) is 4.90 Å². The van der Waals surface area contributed by atoms with Crippen molar-refractivity contribution in [2.75, 3.05) is 0 Å². The van der Waals surface area contributed by atoms with E-state index in [1.165, 1.54) is 6.42 Å². The summed E-state index contributed by atoms with van der Waals surface area (Å²) < 4.78 is 5.49. The van der Waals surface area contributed by atoms with E-state index in [1.54, 1.807) is 11.8 Å². The van der Waals surface area contributed by atoms with Crippen molar-refractivity contribution in [3.05, 3.63) is 0 Å². The number of carbonyl (C=O) groups excluding carboxylic acids is 2. The summed E-state index contributed by atoms with van der Waals surface area (Å²) in [6, 6.07) is -0.0690. The first-order chi connectivity index (χ1) is 8.79. The molecule has 0 radical (unpaired) electrons. The number of fused-ring (bicyclic) bond motifs is 1. The third-order valence-corrected chi connectivity index (χ3v) is 4.16. The lowest BCUT2D eigenvalue weighted by Crippen LogP contribution is -2.47. The Kier molecular flexibility index (Phi) is 3.88. The molecule has 4 nitrogen and oxygen atoms in total. The highest BCUT2D eigenvalue weighted by atomic mass is 16.6. The predicted molar refractivity (Wildman–Crippen MR) is 72.9 cm³/mol.